The highest BCUT2D eigenvalue weighted by Crippen LogP contribution is 2.35. The van der Waals surface area contributed by atoms with E-state index < -0.39 is 0 Å². The third kappa shape index (κ3) is 3.57. The summed E-state index contributed by atoms with van der Waals surface area (Å²) in [4.78, 5) is 2.53. The fraction of sp³-hybridized carbons (Fsp3) is 0.250. The Morgan fingerprint density at radius 1 is 0.769 bits per heavy atom. The molecular weight excluding hydrogens is 318 g/mol. The van der Waals surface area contributed by atoms with Gasteiger partial charge in [-0.1, -0.05) is 84.9 Å². The molecule has 0 radical (unpaired) electrons. The SMILES string of the molecule is OC[C@@H]1c2ccccc2CN(Cc2ccccc2)[C@H]1Cc1ccccc1. The van der Waals surface area contributed by atoms with E-state index in [-0.39, 0.29) is 18.6 Å². The molecule has 0 fully saturated rings. The van der Waals surface area contributed by atoms with Gasteiger partial charge in [-0.15, -0.1) is 0 Å². The maximum absolute atomic E-state index is 10.2. The zero-order valence-corrected chi connectivity index (χ0v) is 15.0. The number of aliphatic hydroxyl groups is 1. The lowest BCUT2D eigenvalue weighted by atomic mass is 9.81. The molecule has 3 aromatic rings. The van der Waals surface area contributed by atoms with Crippen LogP contribution in [0, 0.1) is 0 Å². The smallest absolute Gasteiger partial charge is 0.0515 e. The highest BCUT2D eigenvalue weighted by atomic mass is 16.3. The van der Waals surface area contributed by atoms with Crippen LogP contribution >= 0.6 is 0 Å². The number of rotatable bonds is 5. The first kappa shape index (κ1) is 17.0. The molecule has 0 bridgehead atoms. The summed E-state index contributed by atoms with van der Waals surface area (Å²) in [7, 11) is 0. The zero-order valence-electron chi connectivity index (χ0n) is 15.0. The zero-order chi connectivity index (χ0) is 17.8. The standard InChI is InChI=1S/C24H25NO/c26-18-23-22-14-8-7-13-21(22)17-25(16-20-11-5-2-6-12-20)24(23)15-19-9-3-1-4-10-19/h1-14,23-24,26H,15-18H2/t23-,24+/m1/s1. The second-order valence-electron chi connectivity index (χ2n) is 7.14. The normalized spacial score (nSPS) is 19.9. The molecule has 1 N–H and O–H groups in total. The van der Waals surface area contributed by atoms with Gasteiger partial charge in [0.2, 0.25) is 0 Å². The third-order valence-electron chi connectivity index (χ3n) is 5.47. The van der Waals surface area contributed by atoms with E-state index >= 15 is 0 Å². The maximum atomic E-state index is 10.2. The molecule has 26 heavy (non-hydrogen) atoms. The van der Waals surface area contributed by atoms with Gasteiger partial charge in [0.15, 0.2) is 0 Å². The van der Waals surface area contributed by atoms with E-state index in [4.69, 9.17) is 0 Å². The molecule has 0 amide bonds. The van der Waals surface area contributed by atoms with Crippen LogP contribution in [0.2, 0.25) is 0 Å². The number of hydrogen-bond acceptors (Lipinski definition) is 2. The molecule has 3 aromatic carbocycles. The van der Waals surface area contributed by atoms with Gasteiger partial charge in [0, 0.05) is 25.0 Å². The average Bonchev–Trinajstić information content (AvgIpc) is 2.70. The van der Waals surface area contributed by atoms with Gasteiger partial charge >= 0.3 is 0 Å². The van der Waals surface area contributed by atoms with Crippen LogP contribution in [0.25, 0.3) is 0 Å². The summed E-state index contributed by atoms with van der Waals surface area (Å²) in [6.45, 7) is 2.02. The molecule has 1 heterocycles. The summed E-state index contributed by atoms with van der Waals surface area (Å²) in [5.74, 6) is 0.142. The predicted molar refractivity (Wildman–Crippen MR) is 106 cm³/mol. The van der Waals surface area contributed by atoms with Crippen LogP contribution in [0.5, 0.6) is 0 Å². The van der Waals surface area contributed by atoms with Crippen molar-refractivity contribution in [3.63, 3.8) is 0 Å². The Bertz CT molecular complexity index is 831. The van der Waals surface area contributed by atoms with E-state index in [9.17, 15) is 5.11 Å². The van der Waals surface area contributed by atoms with Gasteiger partial charge in [-0.3, -0.25) is 4.90 Å². The third-order valence-corrected chi connectivity index (χ3v) is 5.47. The van der Waals surface area contributed by atoms with Gasteiger partial charge < -0.3 is 5.11 Å². The topological polar surface area (TPSA) is 23.5 Å². The molecule has 132 valence electrons. The summed E-state index contributed by atoms with van der Waals surface area (Å²) in [5, 5.41) is 10.2. The fourth-order valence-electron chi connectivity index (χ4n) is 4.18. The van der Waals surface area contributed by atoms with Crippen molar-refractivity contribution in [2.75, 3.05) is 6.61 Å². The molecule has 0 aromatic heterocycles. The van der Waals surface area contributed by atoms with Crippen LogP contribution in [0.1, 0.15) is 28.2 Å². The Labute approximate surface area is 155 Å². The predicted octanol–water partition coefficient (Wildman–Crippen LogP) is 4.39. The molecule has 0 aliphatic carbocycles. The highest BCUT2D eigenvalue weighted by molar-refractivity contribution is 5.35. The molecule has 0 saturated heterocycles. The molecule has 2 heteroatoms. The lowest BCUT2D eigenvalue weighted by molar-refractivity contribution is 0.103. The average molecular weight is 343 g/mol. The van der Waals surface area contributed by atoms with Crippen molar-refractivity contribution in [2.45, 2.75) is 31.5 Å². The number of aliphatic hydroxyl groups excluding tert-OH is 1. The lowest BCUT2D eigenvalue weighted by Gasteiger charge is -2.42. The Balaban J connectivity index is 1.69. The minimum atomic E-state index is 0.142. The summed E-state index contributed by atoms with van der Waals surface area (Å²) in [6.07, 6.45) is 0.952. The lowest BCUT2D eigenvalue weighted by Crippen LogP contribution is -2.45. The number of nitrogens with zero attached hydrogens (tertiary/aromatic N) is 1. The summed E-state index contributed by atoms with van der Waals surface area (Å²) in [6, 6.07) is 30.2. The Morgan fingerprint density at radius 2 is 1.38 bits per heavy atom. The quantitative estimate of drug-likeness (QED) is 0.743. The van der Waals surface area contributed by atoms with E-state index in [1.165, 1.54) is 22.3 Å². The molecule has 2 nitrogen and oxygen atoms in total. The minimum absolute atomic E-state index is 0.142. The van der Waals surface area contributed by atoms with Crippen molar-refractivity contribution in [3.05, 3.63) is 107 Å². The molecule has 1 aliphatic heterocycles. The van der Waals surface area contributed by atoms with Crippen molar-refractivity contribution in [2.24, 2.45) is 0 Å². The highest BCUT2D eigenvalue weighted by Gasteiger charge is 2.34. The van der Waals surface area contributed by atoms with Crippen LogP contribution in [-0.4, -0.2) is 22.7 Å². The van der Waals surface area contributed by atoms with Crippen LogP contribution in [0.15, 0.2) is 84.9 Å². The summed E-state index contributed by atoms with van der Waals surface area (Å²) < 4.78 is 0. The van der Waals surface area contributed by atoms with E-state index in [0.717, 1.165) is 19.5 Å². The van der Waals surface area contributed by atoms with Crippen LogP contribution < -0.4 is 0 Å². The van der Waals surface area contributed by atoms with Gasteiger partial charge in [-0.05, 0) is 28.7 Å². The number of benzene rings is 3. The van der Waals surface area contributed by atoms with Crippen molar-refractivity contribution >= 4 is 0 Å². The number of hydrogen-bond donors (Lipinski definition) is 1. The van der Waals surface area contributed by atoms with Crippen molar-refractivity contribution < 1.29 is 5.11 Å². The molecular formula is C24H25NO. The maximum Gasteiger partial charge on any atom is 0.0515 e. The Hall–Kier alpha value is -2.42. The van der Waals surface area contributed by atoms with Gasteiger partial charge in [0.05, 0.1) is 6.61 Å². The first-order valence-corrected chi connectivity index (χ1v) is 9.35. The molecule has 2 atom stereocenters. The van der Waals surface area contributed by atoms with Crippen molar-refractivity contribution in [3.8, 4) is 0 Å². The van der Waals surface area contributed by atoms with Gasteiger partial charge in [0.1, 0.15) is 0 Å². The van der Waals surface area contributed by atoms with Crippen LogP contribution in [-0.2, 0) is 19.5 Å². The van der Waals surface area contributed by atoms with Crippen LogP contribution in [0.4, 0.5) is 0 Å². The molecule has 1 aliphatic rings. The minimum Gasteiger partial charge on any atom is -0.396 e. The van der Waals surface area contributed by atoms with Crippen LogP contribution in [0.3, 0.4) is 0 Å². The largest absolute Gasteiger partial charge is 0.396 e. The number of fused-ring (bicyclic) bond motifs is 1. The first-order valence-electron chi connectivity index (χ1n) is 9.35. The molecule has 0 spiro atoms. The van der Waals surface area contributed by atoms with E-state index in [0.29, 0.717) is 0 Å². The first-order chi connectivity index (χ1) is 12.8. The summed E-state index contributed by atoms with van der Waals surface area (Å²) >= 11 is 0. The fourth-order valence-corrected chi connectivity index (χ4v) is 4.18. The van der Waals surface area contributed by atoms with E-state index in [2.05, 4.69) is 89.8 Å². The van der Waals surface area contributed by atoms with E-state index in [1.54, 1.807) is 0 Å². The van der Waals surface area contributed by atoms with Gasteiger partial charge in [-0.25, -0.2) is 0 Å². The van der Waals surface area contributed by atoms with E-state index in [1.807, 2.05) is 0 Å². The van der Waals surface area contributed by atoms with Gasteiger partial charge in [0.25, 0.3) is 0 Å². The second-order valence-corrected chi connectivity index (χ2v) is 7.14. The molecule has 4 rings (SSSR count). The monoisotopic (exact) mass is 343 g/mol. The second kappa shape index (κ2) is 7.86. The molecule has 0 saturated carbocycles. The summed E-state index contributed by atoms with van der Waals surface area (Å²) in [5.41, 5.74) is 5.29. The van der Waals surface area contributed by atoms with Crippen molar-refractivity contribution in [1.29, 1.82) is 0 Å². The Kier molecular flexibility index (Phi) is 5.14. The Morgan fingerprint density at radius 3 is 2.08 bits per heavy atom. The molecule has 0 unspecified atom stereocenters. The van der Waals surface area contributed by atoms with Crippen molar-refractivity contribution in [1.82, 2.24) is 4.90 Å². The van der Waals surface area contributed by atoms with Gasteiger partial charge in [-0.2, -0.15) is 0 Å².